The maximum atomic E-state index is 11.0. The quantitative estimate of drug-likeness (QED) is 0.821. The molecule has 1 aromatic heterocycles. The molecule has 0 aliphatic heterocycles. The average molecular weight is 227 g/mol. The fourth-order valence-electron chi connectivity index (χ4n) is 1.45. The van der Waals surface area contributed by atoms with E-state index in [9.17, 15) is 4.79 Å². The molecule has 5 heteroatoms. The van der Waals surface area contributed by atoms with Crippen LogP contribution < -0.4 is 11.5 Å². The van der Waals surface area contributed by atoms with E-state index in [1.165, 1.54) is 0 Å². The summed E-state index contributed by atoms with van der Waals surface area (Å²) in [5, 5.41) is 0.480. The van der Waals surface area contributed by atoms with Gasteiger partial charge in [-0.2, -0.15) is 0 Å². The number of oxazole rings is 1. The summed E-state index contributed by atoms with van der Waals surface area (Å²) in [7, 11) is 0. The zero-order valence-electron chi connectivity index (χ0n) is 8.21. The maximum absolute atomic E-state index is 11.0. The van der Waals surface area contributed by atoms with Crippen molar-refractivity contribution < 1.29 is 4.42 Å². The van der Waals surface area contributed by atoms with Crippen LogP contribution in [0.3, 0.4) is 0 Å². The van der Waals surface area contributed by atoms with Crippen molar-refractivity contribution in [3.8, 4) is 0 Å². The van der Waals surface area contributed by atoms with E-state index in [1.54, 1.807) is 12.1 Å². The van der Waals surface area contributed by atoms with Gasteiger partial charge in [0.2, 0.25) is 0 Å². The van der Waals surface area contributed by atoms with Crippen LogP contribution in [0.25, 0.3) is 11.1 Å². The summed E-state index contributed by atoms with van der Waals surface area (Å²) in [4.78, 5) is 13.5. The van der Waals surface area contributed by atoms with Crippen molar-refractivity contribution in [2.24, 2.45) is 5.73 Å². The number of hydrogen-bond donors (Lipinski definition) is 2. The second-order valence-electron chi connectivity index (χ2n) is 3.53. The summed E-state index contributed by atoms with van der Waals surface area (Å²) < 4.78 is 4.95. The number of aromatic nitrogens is 1. The SMILES string of the molecule is CC(CN)c1cc(Cl)c2[nH]c(=O)oc2c1. The molecule has 0 saturated heterocycles. The third kappa shape index (κ3) is 1.78. The summed E-state index contributed by atoms with van der Waals surface area (Å²) in [6.45, 7) is 2.51. The van der Waals surface area contributed by atoms with Crippen molar-refractivity contribution >= 4 is 22.7 Å². The monoisotopic (exact) mass is 226 g/mol. The zero-order chi connectivity index (χ0) is 11.0. The third-order valence-electron chi connectivity index (χ3n) is 2.43. The molecule has 1 heterocycles. The molecule has 0 spiro atoms. The van der Waals surface area contributed by atoms with Crippen molar-refractivity contribution in [1.29, 1.82) is 0 Å². The Bertz CT molecular complexity index is 544. The molecule has 0 fully saturated rings. The van der Waals surface area contributed by atoms with Gasteiger partial charge in [0.25, 0.3) is 0 Å². The van der Waals surface area contributed by atoms with E-state index in [-0.39, 0.29) is 5.92 Å². The van der Waals surface area contributed by atoms with Gasteiger partial charge in [-0.25, -0.2) is 4.79 Å². The molecule has 1 atom stereocenters. The summed E-state index contributed by atoms with van der Waals surface area (Å²) >= 11 is 6.01. The van der Waals surface area contributed by atoms with Gasteiger partial charge in [-0.05, 0) is 30.2 Å². The Balaban J connectivity index is 2.66. The maximum Gasteiger partial charge on any atom is 0.417 e. The first kappa shape index (κ1) is 10.3. The highest BCUT2D eigenvalue weighted by atomic mass is 35.5. The molecule has 4 nitrogen and oxygen atoms in total. The summed E-state index contributed by atoms with van der Waals surface area (Å²) in [5.41, 5.74) is 7.54. The molecule has 2 aromatic rings. The van der Waals surface area contributed by atoms with Crippen LogP contribution in [-0.4, -0.2) is 11.5 Å². The molecule has 0 aliphatic carbocycles. The summed E-state index contributed by atoms with van der Waals surface area (Å²) in [6.07, 6.45) is 0. The van der Waals surface area contributed by atoms with E-state index >= 15 is 0 Å². The van der Waals surface area contributed by atoms with Gasteiger partial charge in [0.1, 0.15) is 5.52 Å². The lowest BCUT2D eigenvalue weighted by Crippen LogP contribution is -2.08. The van der Waals surface area contributed by atoms with E-state index in [1.807, 2.05) is 6.92 Å². The standard InChI is InChI=1S/C10H11ClN2O2/c1-5(4-12)6-2-7(11)9-8(3-6)15-10(14)13-9/h2-3,5H,4,12H2,1H3,(H,13,14). The number of H-pyrrole nitrogens is 1. The van der Waals surface area contributed by atoms with Crippen molar-refractivity contribution in [1.82, 2.24) is 4.98 Å². The van der Waals surface area contributed by atoms with Gasteiger partial charge in [-0.15, -0.1) is 0 Å². The largest absolute Gasteiger partial charge is 0.417 e. The average Bonchev–Trinajstić information content (AvgIpc) is 2.58. The van der Waals surface area contributed by atoms with Gasteiger partial charge in [0.15, 0.2) is 5.58 Å². The number of hydrogen-bond acceptors (Lipinski definition) is 3. The molecular weight excluding hydrogens is 216 g/mol. The van der Waals surface area contributed by atoms with Crippen LogP contribution in [0.4, 0.5) is 0 Å². The highest BCUT2D eigenvalue weighted by Gasteiger charge is 2.10. The number of fused-ring (bicyclic) bond motifs is 1. The lowest BCUT2D eigenvalue weighted by atomic mass is 10.0. The number of halogens is 1. The van der Waals surface area contributed by atoms with Crippen LogP contribution in [0.15, 0.2) is 21.3 Å². The van der Waals surface area contributed by atoms with Crippen LogP contribution in [-0.2, 0) is 0 Å². The smallest absolute Gasteiger partial charge is 0.408 e. The molecular formula is C10H11ClN2O2. The normalized spacial score (nSPS) is 13.3. The summed E-state index contributed by atoms with van der Waals surface area (Å²) in [5.74, 6) is -0.309. The molecule has 80 valence electrons. The molecule has 0 aliphatic rings. The highest BCUT2D eigenvalue weighted by Crippen LogP contribution is 2.26. The van der Waals surface area contributed by atoms with Crippen molar-refractivity contribution in [2.45, 2.75) is 12.8 Å². The van der Waals surface area contributed by atoms with Gasteiger partial charge >= 0.3 is 5.76 Å². The summed E-state index contributed by atoms with van der Waals surface area (Å²) in [6, 6.07) is 3.59. The van der Waals surface area contributed by atoms with Crippen LogP contribution in [0.5, 0.6) is 0 Å². The first-order chi connectivity index (χ1) is 7.11. The van der Waals surface area contributed by atoms with Gasteiger partial charge < -0.3 is 10.2 Å². The van der Waals surface area contributed by atoms with E-state index in [0.29, 0.717) is 22.7 Å². The Kier molecular flexibility index (Phi) is 2.54. The van der Waals surface area contributed by atoms with Crippen molar-refractivity contribution in [3.05, 3.63) is 33.3 Å². The van der Waals surface area contributed by atoms with Crippen LogP contribution in [0.1, 0.15) is 18.4 Å². The van der Waals surface area contributed by atoms with Gasteiger partial charge in [0.05, 0.1) is 5.02 Å². The predicted molar refractivity (Wildman–Crippen MR) is 59.3 cm³/mol. The molecule has 15 heavy (non-hydrogen) atoms. The first-order valence-corrected chi connectivity index (χ1v) is 5.02. The fraction of sp³-hybridized carbons (Fsp3) is 0.300. The Morgan fingerprint density at radius 2 is 2.33 bits per heavy atom. The predicted octanol–water partition coefficient (Wildman–Crippen LogP) is 1.84. The Labute approximate surface area is 91.0 Å². The Morgan fingerprint density at radius 3 is 3.00 bits per heavy atom. The third-order valence-corrected chi connectivity index (χ3v) is 2.73. The lowest BCUT2D eigenvalue weighted by Gasteiger charge is -2.08. The number of aromatic amines is 1. The molecule has 3 N–H and O–H groups in total. The van der Waals surface area contributed by atoms with E-state index < -0.39 is 5.76 Å². The number of nitrogens with one attached hydrogen (secondary N) is 1. The highest BCUT2D eigenvalue weighted by molar-refractivity contribution is 6.34. The van der Waals surface area contributed by atoms with E-state index in [4.69, 9.17) is 21.8 Å². The van der Waals surface area contributed by atoms with E-state index in [2.05, 4.69) is 4.98 Å². The Hall–Kier alpha value is -1.26. The molecule has 0 saturated carbocycles. The van der Waals surface area contributed by atoms with Gasteiger partial charge in [0, 0.05) is 0 Å². The van der Waals surface area contributed by atoms with Gasteiger partial charge in [-0.3, -0.25) is 4.98 Å². The minimum absolute atomic E-state index is 0.187. The first-order valence-electron chi connectivity index (χ1n) is 4.64. The lowest BCUT2D eigenvalue weighted by molar-refractivity contribution is 0.554. The van der Waals surface area contributed by atoms with Crippen LogP contribution >= 0.6 is 11.6 Å². The van der Waals surface area contributed by atoms with Crippen molar-refractivity contribution in [2.75, 3.05) is 6.54 Å². The minimum Gasteiger partial charge on any atom is -0.408 e. The molecule has 2 rings (SSSR count). The Morgan fingerprint density at radius 1 is 1.60 bits per heavy atom. The molecule has 0 radical (unpaired) electrons. The van der Waals surface area contributed by atoms with Crippen LogP contribution in [0.2, 0.25) is 5.02 Å². The molecule has 1 unspecified atom stereocenters. The second-order valence-corrected chi connectivity index (χ2v) is 3.93. The number of nitrogens with two attached hydrogens (primary N) is 1. The molecule has 1 aromatic carbocycles. The van der Waals surface area contributed by atoms with Gasteiger partial charge in [-0.1, -0.05) is 18.5 Å². The zero-order valence-corrected chi connectivity index (χ0v) is 8.97. The van der Waals surface area contributed by atoms with Crippen molar-refractivity contribution in [3.63, 3.8) is 0 Å². The minimum atomic E-state index is -0.496. The number of rotatable bonds is 2. The second kappa shape index (κ2) is 3.72. The fourth-order valence-corrected chi connectivity index (χ4v) is 1.72. The number of benzene rings is 1. The van der Waals surface area contributed by atoms with Crippen LogP contribution in [0, 0.1) is 0 Å². The molecule has 0 amide bonds. The topological polar surface area (TPSA) is 72.0 Å². The molecule has 0 bridgehead atoms. The van der Waals surface area contributed by atoms with E-state index in [0.717, 1.165) is 5.56 Å².